The van der Waals surface area contributed by atoms with Crippen molar-refractivity contribution in [3.05, 3.63) is 65.7 Å². The predicted molar refractivity (Wildman–Crippen MR) is 117 cm³/mol. The van der Waals surface area contributed by atoms with Crippen molar-refractivity contribution in [2.24, 2.45) is 5.73 Å². The molecule has 34 heavy (non-hydrogen) atoms. The van der Waals surface area contributed by atoms with E-state index in [1.54, 1.807) is 0 Å². The second kappa shape index (κ2) is 9.64. The predicted octanol–water partition coefficient (Wildman–Crippen LogP) is 2.34. The van der Waals surface area contributed by atoms with Gasteiger partial charge in [-0.1, -0.05) is 42.5 Å². The molecule has 2 N–H and O–H groups in total. The summed E-state index contributed by atoms with van der Waals surface area (Å²) in [4.78, 5) is 10.8. The van der Waals surface area contributed by atoms with E-state index in [9.17, 15) is 34.8 Å². The number of sulfone groups is 1. The summed E-state index contributed by atoms with van der Waals surface area (Å²) >= 11 is 0. The first-order valence-electron chi connectivity index (χ1n) is 10.1. The number of carbonyl (C=O) groups is 1. The molecular formula is C21H23F3N2O6S2. The van der Waals surface area contributed by atoms with Crippen LogP contribution in [0.15, 0.2) is 59.5 Å². The van der Waals surface area contributed by atoms with Gasteiger partial charge in [0.05, 0.1) is 16.9 Å². The first-order chi connectivity index (χ1) is 15.7. The van der Waals surface area contributed by atoms with Crippen molar-refractivity contribution >= 4 is 25.8 Å². The van der Waals surface area contributed by atoms with E-state index in [1.165, 1.54) is 18.2 Å². The van der Waals surface area contributed by atoms with Gasteiger partial charge in [-0.25, -0.2) is 21.6 Å². The van der Waals surface area contributed by atoms with E-state index in [2.05, 4.69) is 4.74 Å². The Bertz CT molecular complexity index is 1250. The number of rotatable bonds is 7. The molecule has 0 amide bonds. The Morgan fingerprint density at radius 1 is 1.12 bits per heavy atom. The molecule has 1 unspecified atom stereocenters. The Labute approximate surface area is 195 Å². The minimum Gasteiger partial charge on any atom is -0.436 e. The number of sulfonamides is 1. The first kappa shape index (κ1) is 26.1. The van der Waals surface area contributed by atoms with E-state index < -0.39 is 50.0 Å². The van der Waals surface area contributed by atoms with E-state index in [1.807, 2.05) is 30.3 Å². The lowest BCUT2D eigenvalue weighted by Gasteiger charge is -2.22. The lowest BCUT2D eigenvalue weighted by molar-refractivity contribution is -0.205. The fraction of sp³-hybridized carbons (Fsp3) is 0.381. The number of hydrogen-bond acceptors (Lipinski definition) is 7. The Morgan fingerprint density at radius 2 is 1.76 bits per heavy atom. The van der Waals surface area contributed by atoms with Gasteiger partial charge in [-0.15, -0.1) is 0 Å². The third kappa shape index (κ3) is 6.14. The maximum Gasteiger partial charge on any atom is 0.490 e. The molecular weight excluding hydrogens is 497 g/mol. The number of halogens is 3. The van der Waals surface area contributed by atoms with Gasteiger partial charge in [0.15, 0.2) is 16.1 Å². The Morgan fingerprint density at radius 3 is 2.35 bits per heavy atom. The molecule has 8 nitrogen and oxygen atoms in total. The molecule has 186 valence electrons. The van der Waals surface area contributed by atoms with Gasteiger partial charge < -0.3 is 4.74 Å². The molecule has 0 aliphatic carbocycles. The average Bonchev–Trinajstić information content (AvgIpc) is 3.17. The number of hydrogen-bond donors (Lipinski definition) is 1. The minimum atomic E-state index is -5.26. The largest absolute Gasteiger partial charge is 0.490 e. The van der Waals surface area contributed by atoms with Crippen LogP contribution in [0.2, 0.25) is 0 Å². The molecule has 3 rings (SSSR count). The molecule has 0 saturated carbocycles. The van der Waals surface area contributed by atoms with Crippen LogP contribution in [0.5, 0.6) is 0 Å². The van der Waals surface area contributed by atoms with Crippen LogP contribution < -0.4 is 5.73 Å². The highest BCUT2D eigenvalue weighted by atomic mass is 32.2. The van der Waals surface area contributed by atoms with Gasteiger partial charge in [0.1, 0.15) is 0 Å². The van der Waals surface area contributed by atoms with E-state index in [4.69, 9.17) is 5.73 Å². The summed E-state index contributed by atoms with van der Waals surface area (Å²) in [6.45, 7) is 0.126. The molecule has 1 aliphatic rings. The summed E-state index contributed by atoms with van der Waals surface area (Å²) in [5.41, 5.74) is 6.23. The summed E-state index contributed by atoms with van der Waals surface area (Å²) in [5, 5.41) is 0. The maximum absolute atomic E-state index is 13.1. The quantitative estimate of drug-likeness (QED) is 0.439. The van der Waals surface area contributed by atoms with E-state index in [0.717, 1.165) is 22.2 Å². The maximum atomic E-state index is 13.1. The van der Waals surface area contributed by atoms with Crippen molar-refractivity contribution in [2.75, 3.05) is 18.6 Å². The van der Waals surface area contributed by atoms with E-state index >= 15 is 0 Å². The van der Waals surface area contributed by atoms with Crippen molar-refractivity contribution in [2.45, 2.75) is 35.7 Å². The minimum absolute atomic E-state index is 0.126. The highest BCUT2D eigenvalue weighted by molar-refractivity contribution is 7.91. The Hall–Kier alpha value is -2.48. The van der Waals surface area contributed by atoms with Crippen LogP contribution in [-0.4, -0.2) is 57.9 Å². The molecule has 2 aromatic carbocycles. The van der Waals surface area contributed by atoms with Crippen LogP contribution in [0.4, 0.5) is 13.2 Å². The fourth-order valence-electron chi connectivity index (χ4n) is 3.90. The molecule has 1 saturated heterocycles. The fourth-order valence-corrected chi connectivity index (χ4v) is 6.76. The summed E-state index contributed by atoms with van der Waals surface area (Å²) in [6.07, 6.45) is -5.81. The molecule has 1 fully saturated rings. The lowest BCUT2D eigenvalue weighted by atomic mass is 9.97. The van der Waals surface area contributed by atoms with Gasteiger partial charge in [0.2, 0.25) is 10.0 Å². The van der Waals surface area contributed by atoms with Crippen LogP contribution in [0, 0.1) is 0 Å². The molecule has 0 spiro atoms. The van der Waals surface area contributed by atoms with Crippen molar-refractivity contribution in [1.82, 2.24) is 4.31 Å². The SMILES string of the molecule is CS(=O)(=O)N1C[C@H](c2ccccc2)C[C@@H]1CS(=O)(=O)c1cccc(C(N)OC(=O)C(F)(F)F)c1. The molecule has 2 aromatic rings. The van der Waals surface area contributed by atoms with Gasteiger partial charge in [-0.3, -0.25) is 5.73 Å². The molecule has 1 heterocycles. The van der Waals surface area contributed by atoms with Crippen LogP contribution >= 0.6 is 0 Å². The molecule has 0 aromatic heterocycles. The summed E-state index contributed by atoms with van der Waals surface area (Å²) in [5.74, 6) is -3.24. The zero-order chi connectivity index (χ0) is 25.3. The van der Waals surface area contributed by atoms with Crippen LogP contribution in [-0.2, 0) is 29.4 Å². The number of ether oxygens (including phenoxy) is 1. The third-order valence-electron chi connectivity index (χ3n) is 5.48. The van der Waals surface area contributed by atoms with Crippen molar-refractivity contribution in [1.29, 1.82) is 0 Å². The summed E-state index contributed by atoms with van der Waals surface area (Å²) < 4.78 is 93.5. The molecule has 13 heteroatoms. The average molecular weight is 521 g/mol. The molecule has 3 atom stereocenters. The molecule has 0 bridgehead atoms. The second-order valence-electron chi connectivity index (χ2n) is 8.01. The van der Waals surface area contributed by atoms with Crippen LogP contribution in [0.25, 0.3) is 0 Å². The molecule has 1 aliphatic heterocycles. The van der Waals surface area contributed by atoms with Gasteiger partial charge in [0.25, 0.3) is 0 Å². The topological polar surface area (TPSA) is 124 Å². The van der Waals surface area contributed by atoms with E-state index in [0.29, 0.717) is 0 Å². The number of carbonyl (C=O) groups excluding carboxylic acids is 1. The standard InChI is InChI=1S/C21H23F3N2O6S2/c1-33(28,29)26-12-16(14-6-3-2-4-7-14)10-17(26)13-34(30,31)18-9-5-8-15(11-18)19(25)32-20(27)21(22,23)24/h2-9,11,16-17,19H,10,12-13,25H2,1H3/t16-,17-,19?/m1/s1. The normalized spacial score (nSPS) is 20.7. The third-order valence-corrected chi connectivity index (χ3v) is 8.58. The van der Waals surface area contributed by atoms with Crippen molar-refractivity contribution in [3.8, 4) is 0 Å². The summed E-state index contributed by atoms with van der Waals surface area (Å²) in [6, 6.07) is 13.0. The van der Waals surface area contributed by atoms with Crippen molar-refractivity contribution < 1.29 is 39.5 Å². The van der Waals surface area contributed by atoms with Crippen LogP contribution in [0.3, 0.4) is 0 Å². The monoisotopic (exact) mass is 520 g/mol. The Balaban J connectivity index is 1.83. The lowest BCUT2D eigenvalue weighted by Crippen LogP contribution is -2.39. The van der Waals surface area contributed by atoms with Gasteiger partial charge in [0, 0.05) is 18.2 Å². The number of nitrogens with two attached hydrogens (primary N) is 1. The second-order valence-corrected chi connectivity index (χ2v) is 12.0. The van der Waals surface area contributed by atoms with E-state index in [-0.39, 0.29) is 29.3 Å². The van der Waals surface area contributed by atoms with Gasteiger partial charge in [-0.05, 0) is 30.0 Å². The van der Waals surface area contributed by atoms with Gasteiger partial charge in [-0.2, -0.15) is 17.5 Å². The smallest absolute Gasteiger partial charge is 0.436 e. The van der Waals surface area contributed by atoms with Crippen molar-refractivity contribution in [3.63, 3.8) is 0 Å². The number of esters is 1. The number of alkyl halides is 3. The zero-order valence-corrected chi connectivity index (χ0v) is 19.6. The first-order valence-corrected chi connectivity index (χ1v) is 13.6. The highest BCUT2D eigenvalue weighted by Gasteiger charge is 2.43. The van der Waals surface area contributed by atoms with Crippen LogP contribution in [0.1, 0.15) is 29.7 Å². The summed E-state index contributed by atoms with van der Waals surface area (Å²) in [7, 11) is -7.79. The number of benzene rings is 2. The molecule has 0 radical (unpaired) electrons. The van der Waals surface area contributed by atoms with Gasteiger partial charge >= 0.3 is 12.1 Å². The Kier molecular flexibility index (Phi) is 7.41. The highest BCUT2D eigenvalue weighted by Crippen LogP contribution is 2.35. The number of nitrogens with zero attached hydrogens (tertiary/aromatic N) is 1. The zero-order valence-electron chi connectivity index (χ0n) is 18.0.